The fourth-order valence-corrected chi connectivity index (χ4v) is 2.86. The van der Waals surface area contributed by atoms with Crippen LogP contribution in [0.25, 0.3) is 10.1 Å². The van der Waals surface area contributed by atoms with Crippen LogP contribution in [0.3, 0.4) is 0 Å². The van der Waals surface area contributed by atoms with Gasteiger partial charge in [0, 0.05) is 6.20 Å². The molecule has 0 fully saturated rings. The van der Waals surface area contributed by atoms with Crippen molar-refractivity contribution in [3.05, 3.63) is 53.0 Å². The Morgan fingerprint density at radius 2 is 1.83 bits per heavy atom. The normalized spacial score (nSPS) is 10.8. The number of pyridine rings is 1. The Balaban J connectivity index is 2.03. The van der Waals surface area contributed by atoms with Crippen molar-refractivity contribution in [3.63, 3.8) is 0 Å². The van der Waals surface area contributed by atoms with Gasteiger partial charge in [-0.25, -0.2) is 4.98 Å². The zero-order chi connectivity index (χ0) is 12.5. The Labute approximate surface area is 110 Å². The molecule has 18 heavy (non-hydrogen) atoms. The van der Waals surface area contributed by atoms with Crippen LogP contribution in [-0.4, -0.2) is 4.98 Å². The van der Waals surface area contributed by atoms with Crippen LogP contribution in [0.4, 0.5) is 0 Å². The maximum atomic E-state index is 5.91. The highest BCUT2D eigenvalue weighted by Crippen LogP contribution is 2.32. The molecule has 0 N–H and O–H groups in total. The Kier molecular flexibility index (Phi) is 2.76. The van der Waals surface area contributed by atoms with Gasteiger partial charge in [-0.3, -0.25) is 0 Å². The highest BCUT2D eigenvalue weighted by Gasteiger charge is 2.06. The fourth-order valence-electron chi connectivity index (χ4n) is 2.04. The minimum absolute atomic E-state index is 0.688. The molecule has 90 valence electrons. The van der Waals surface area contributed by atoms with Crippen molar-refractivity contribution in [2.75, 3.05) is 0 Å². The number of nitrogens with zero attached hydrogens (tertiary/aromatic N) is 1. The topological polar surface area (TPSA) is 22.1 Å². The number of rotatable bonds is 2. The third kappa shape index (κ3) is 2.09. The maximum Gasteiger partial charge on any atom is 0.237 e. The van der Waals surface area contributed by atoms with Crippen molar-refractivity contribution < 1.29 is 4.74 Å². The third-order valence-electron chi connectivity index (χ3n) is 2.75. The van der Waals surface area contributed by atoms with Crippen molar-refractivity contribution >= 4 is 21.4 Å². The molecule has 0 spiro atoms. The summed E-state index contributed by atoms with van der Waals surface area (Å²) in [5.74, 6) is 1.54. The van der Waals surface area contributed by atoms with Gasteiger partial charge in [0.25, 0.3) is 0 Å². The smallest absolute Gasteiger partial charge is 0.237 e. The van der Waals surface area contributed by atoms with Crippen molar-refractivity contribution in [3.8, 4) is 11.6 Å². The number of ether oxygens (including phenoxy) is 1. The number of hydrogen-bond acceptors (Lipinski definition) is 3. The molecule has 0 aliphatic carbocycles. The van der Waals surface area contributed by atoms with E-state index in [2.05, 4.69) is 36.3 Å². The number of thiophene rings is 1. The summed E-state index contributed by atoms with van der Waals surface area (Å²) in [6, 6.07) is 10.3. The van der Waals surface area contributed by atoms with Crippen LogP contribution in [-0.2, 0) is 0 Å². The van der Waals surface area contributed by atoms with Crippen LogP contribution in [0.2, 0.25) is 0 Å². The van der Waals surface area contributed by atoms with Crippen LogP contribution in [0.5, 0.6) is 11.6 Å². The maximum absolute atomic E-state index is 5.91. The second-order valence-corrected chi connectivity index (χ2v) is 5.30. The Bertz CT molecular complexity index is 682. The molecule has 2 nitrogen and oxygen atoms in total. The summed E-state index contributed by atoms with van der Waals surface area (Å²) in [4.78, 5) is 4.32. The molecular formula is C15H13NOS. The van der Waals surface area contributed by atoms with E-state index in [0.29, 0.717) is 5.88 Å². The van der Waals surface area contributed by atoms with E-state index in [1.54, 1.807) is 17.5 Å². The molecule has 2 aromatic heterocycles. The first-order valence-corrected chi connectivity index (χ1v) is 6.69. The minimum atomic E-state index is 0.688. The molecule has 0 aliphatic rings. The van der Waals surface area contributed by atoms with Gasteiger partial charge >= 0.3 is 0 Å². The van der Waals surface area contributed by atoms with Gasteiger partial charge in [0.1, 0.15) is 5.75 Å². The molecule has 0 saturated heterocycles. The molecule has 0 saturated carbocycles. The molecule has 0 unspecified atom stereocenters. The van der Waals surface area contributed by atoms with Crippen molar-refractivity contribution in [1.29, 1.82) is 0 Å². The van der Waals surface area contributed by atoms with Gasteiger partial charge in [-0.1, -0.05) is 6.07 Å². The number of benzene rings is 1. The van der Waals surface area contributed by atoms with Gasteiger partial charge in [-0.15, -0.1) is 11.3 Å². The predicted molar refractivity (Wildman–Crippen MR) is 75.6 cm³/mol. The first kappa shape index (κ1) is 11.2. The zero-order valence-electron chi connectivity index (χ0n) is 10.3. The number of fused-ring (bicyclic) bond motifs is 1. The first-order chi connectivity index (χ1) is 8.72. The van der Waals surface area contributed by atoms with Crippen molar-refractivity contribution in [2.45, 2.75) is 13.8 Å². The monoisotopic (exact) mass is 255 g/mol. The molecule has 3 rings (SSSR count). The van der Waals surface area contributed by atoms with Gasteiger partial charge in [-0.2, -0.15) is 0 Å². The van der Waals surface area contributed by atoms with Crippen LogP contribution >= 0.6 is 11.3 Å². The van der Waals surface area contributed by atoms with Gasteiger partial charge in [-0.05, 0) is 60.0 Å². The molecule has 3 aromatic rings. The standard InChI is InChI=1S/C15H13NOS/c1-10-7-11(2)9-13(8-10)17-15-14-12(3-5-16-15)4-6-18-14/h3-9H,1-2H3. The predicted octanol–water partition coefficient (Wildman–Crippen LogP) is 4.71. The SMILES string of the molecule is Cc1cc(C)cc(Oc2nccc3ccsc23)c1. The minimum Gasteiger partial charge on any atom is -0.438 e. The summed E-state index contributed by atoms with van der Waals surface area (Å²) in [7, 11) is 0. The van der Waals surface area contributed by atoms with E-state index in [4.69, 9.17) is 4.74 Å². The summed E-state index contributed by atoms with van der Waals surface area (Å²) >= 11 is 1.65. The lowest BCUT2D eigenvalue weighted by molar-refractivity contribution is 0.469. The molecule has 0 aliphatic heterocycles. The average Bonchev–Trinajstić information content (AvgIpc) is 2.76. The van der Waals surface area contributed by atoms with E-state index in [9.17, 15) is 0 Å². The van der Waals surface area contributed by atoms with E-state index in [0.717, 1.165) is 10.4 Å². The lowest BCUT2D eigenvalue weighted by Crippen LogP contribution is -1.89. The van der Waals surface area contributed by atoms with Crippen LogP contribution < -0.4 is 4.74 Å². The fraction of sp³-hybridized carbons (Fsp3) is 0.133. The summed E-state index contributed by atoms with van der Waals surface area (Å²) in [6.07, 6.45) is 1.78. The zero-order valence-corrected chi connectivity index (χ0v) is 11.1. The summed E-state index contributed by atoms with van der Waals surface area (Å²) < 4.78 is 7.01. The van der Waals surface area contributed by atoms with E-state index in [1.165, 1.54) is 16.5 Å². The molecule has 3 heteroatoms. The third-order valence-corrected chi connectivity index (χ3v) is 3.66. The lowest BCUT2D eigenvalue weighted by atomic mass is 10.1. The quantitative estimate of drug-likeness (QED) is 0.662. The summed E-state index contributed by atoms with van der Waals surface area (Å²) in [6.45, 7) is 4.14. The van der Waals surface area contributed by atoms with E-state index < -0.39 is 0 Å². The van der Waals surface area contributed by atoms with E-state index >= 15 is 0 Å². The van der Waals surface area contributed by atoms with Gasteiger partial charge in [0.05, 0.1) is 4.70 Å². The second kappa shape index (κ2) is 4.42. The summed E-state index contributed by atoms with van der Waals surface area (Å²) in [5, 5.41) is 3.23. The van der Waals surface area contributed by atoms with Gasteiger partial charge in [0.15, 0.2) is 0 Å². The van der Waals surface area contributed by atoms with E-state index in [-0.39, 0.29) is 0 Å². The van der Waals surface area contributed by atoms with Gasteiger partial charge < -0.3 is 4.74 Å². The molecule has 2 heterocycles. The Morgan fingerprint density at radius 1 is 1.06 bits per heavy atom. The molecular weight excluding hydrogens is 242 g/mol. The molecule has 0 bridgehead atoms. The van der Waals surface area contributed by atoms with Crippen molar-refractivity contribution in [2.24, 2.45) is 0 Å². The number of aromatic nitrogens is 1. The highest BCUT2D eigenvalue weighted by molar-refractivity contribution is 7.17. The van der Waals surface area contributed by atoms with Crippen LogP contribution in [0, 0.1) is 13.8 Å². The molecule has 0 amide bonds. The van der Waals surface area contributed by atoms with Crippen LogP contribution in [0.15, 0.2) is 41.9 Å². The van der Waals surface area contributed by atoms with Gasteiger partial charge in [0.2, 0.25) is 5.88 Å². The summed E-state index contributed by atoms with van der Waals surface area (Å²) in [5.41, 5.74) is 2.40. The Morgan fingerprint density at radius 3 is 2.61 bits per heavy atom. The molecule has 1 aromatic carbocycles. The first-order valence-electron chi connectivity index (χ1n) is 5.81. The second-order valence-electron chi connectivity index (χ2n) is 4.38. The van der Waals surface area contributed by atoms with Crippen LogP contribution in [0.1, 0.15) is 11.1 Å². The van der Waals surface area contributed by atoms with Crippen molar-refractivity contribution in [1.82, 2.24) is 4.98 Å². The number of aryl methyl sites for hydroxylation is 2. The largest absolute Gasteiger partial charge is 0.438 e. The Hall–Kier alpha value is -1.87. The average molecular weight is 255 g/mol. The molecule has 0 radical (unpaired) electrons. The number of hydrogen-bond donors (Lipinski definition) is 0. The molecule has 0 atom stereocenters. The highest BCUT2D eigenvalue weighted by atomic mass is 32.1. The van der Waals surface area contributed by atoms with E-state index in [1.807, 2.05) is 18.2 Å². The lowest BCUT2D eigenvalue weighted by Gasteiger charge is -2.07.